The van der Waals surface area contributed by atoms with Gasteiger partial charge in [-0.2, -0.15) is 0 Å². The summed E-state index contributed by atoms with van der Waals surface area (Å²) < 4.78 is 24.8. The first kappa shape index (κ1) is 18.9. The van der Waals surface area contributed by atoms with E-state index < -0.39 is 10.0 Å². The summed E-state index contributed by atoms with van der Waals surface area (Å²) in [7, 11) is -3.20. The van der Waals surface area contributed by atoms with Crippen LogP contribution in [0.15, 0.2) is 0 Å². The lowest BCUT2D eigenvalue weighted by atomic mass is 9.91. The number of hydrogen-bond donors (Lipinski definition) is 0. The van der Waals surface area contributed by atoms with E-state index in [-0.39, 0.29) is 41.8 Å². The molecule has 4 heterocycles. The number of likely N-dealkylation sites (tertiary alicyclic amines) is 1. The summed E-state index contributed by atoms with van der Waals surface area (Å²) in [5, 5.41) is 0. The van der Waals surface area contributed by atoms with Gasteiger partial charge in [0.1, 0.15) is 0 Å². The summed E-state index contributed by atoms with van der Waals surface area (Å²) in [6.07, 6.45) is 6.17. The van der Waals surface area contributed by atoms with Gasteiger partial charge in [-0.15, -0.1) is 0 Å². The second kappa shape index (κ2) is 6.84. The van der Waals surface area contributed by atoms with Crippen LogP contribution in [-0.2, 0) is 24.4 Å². The molecule has 8 nitrogen and oxygen atoms in total. The largest absolute Gasteiger partial charge is 0.336 e. The van der Waals surface area contributed by atoms with Gasteiger partial charge in [-0.3, -0.25) is 19.3 Å². The topological polar surface area (TPSA) is 95.1 Å². The van der Waals surface area contributed by atoms with Crippen molar-refractivity contribution in [3.8, 4) is 0 Å². The van der Waals surface area contributed by atoms with Gasteiger partial charge in [-0.25, -0.2) is 12.7 Å². The van der Waals surface area contributed by atoms with Crippen molar-refractivity contribution in [1.82, 2.24) is 14.1 Å². The number of imide groups is 1. The lowest BCUT2D eigenvalue weighted by Crippen LogP contribution is -2.55. The highest BCUT2D eigenvalue weighted by atomic mass is 32.2. The minimum Gasteiger partial charge on any atom is -0.336 e. The molecule has 0 N–H and O–H groups in total. The zero-order valence-corrected chi connectivity index (χ0v) is 16.5. The number of nitrogens with zero attached hydrogens (tertiary/aromatic N) is 3. The van der Waals surface area contributed by atoms with E-state index in [0.29, 0.717) is 51.6 Å². The number of hydrogen-bond acceptors (Lipinski definition) is 5. The molecule has 4 fully saturated rings. The number of rotatable bonds is 3. The average molecular weight is 397 g/mol. The van der Waals surface area contributed by atoms with Crippen LogP contribution in [0.1, 0.15) is 51.4 Å². The van der Waals surface area contributed by atoms with Gasteiger partial charge in [0.15, 0.2) is 0 Å². The molecule has 2 unspecified atom stereocenters. The lowest BCUT2D eigenvalue weighted by molar-refractivity contribution is -0.146. The van der Waals surface area contributed by atoms with Crippen LogP contribution in [0.4, 0.5) is 0 Å². The third-order valence-corrected chi connectivity index (χ3v) is 7.99. The van der Waals surface area contributed by atoms with Gasteiger partial charge >= 0.3 is 0 Å². The molecule has 150 valence electrons. The molecule has 9 heteroatoms. The Labute approximate surface area is 159 Å². The van der Waals surface area contributed by atoms with Gasteiger partial charge in [0.2, 0.25) is 27.7 Å². The summed E-state index contributed by atoms with van der Waals surface area (Å²) in [4.78, 5) is 40.7. The summed E-state index contributed by atoms with van der Waals surface area (Å²) in [5.41, 5.74) is 0. The van der Waals surface area contributed by atoms with Crippen LogP contribution in [0.3, 0.4) is 0 Å². The predicted molar refractivity (Wildman–Crippen MR) is 96.9 cm³/mol. The van der Waals surface area contributed by atoms with Crippen LogP contribution in [0.5, 0.6) is 0 Å². The van der Waals surface area contributed by atoms with Crippen LogP contribution in [0, 0.1) is 5.92 Å². The maximum atomic E-state index is 13.1. The van der Waals surface area contributed by atoms with Crippen LogP contribution in [-0.4, -0.2) is 77.7 Å². The number of amides is 3. The molecule has 4 aliphatic rings. The monoisotopic (exact) mass is 397 g/mol. The van der Waals surface area contributed by atoms with E-state index in [1.807, 2.05) is 4.90 Å². The van der Waals surface area contributed by atoms with Crippen molar-refractivity contribution in [1.29, 1.82) is 0 Å². The Morgan fingerprint density at radius 3 is 1.89 bits per heavy atom. The fourth-order valence-electron chi connectivity index (χ4n) is 5.37. The molecule has 0 aromatic carbocycles. The molecule has 4 saturated heterocycles. The quantitative estimate of drug-likeness (QED) is 0.640. The van der Waals surface area contributed by atoms with Gasteiger partial charge in [0, 0.05) is 50.0 Å². The number of carbonyl (C=O) groups excluding carboxylic acids is 3. The zero-order chi connectivity index (χ0) is 19.3. The third-order valence-electron chi connectivity index (χ3n) is 6.69. The summed E-state index contributed by atoms with van der Waals surface area (Å²) in [6.45, 7) is 0.801. The first-order chi connectivity index (χ1) is 12.8. The number of sulfonamides is 1. The van der Waals surface area contributed by atoms with E-state index >= 15 is 0 Å². The van der Waals surface area contributed by atoms with Gasteiger partial charge in [0.25, 0.3) is 0 Å². The predicted octanol–water partition coefficient (Wildman–Crippen LogP) is 0.329. The lowest BCUT2D eigenvalue weighted by Gasteiger charge is -2.43. The van der Waals surface area contributed by atoms with E-state index in [1.54, 1.807) is 0 Å². The molecule has 3 amide bonds. The van der Waals surface area contributed by atoms with E-state index in [4.69, 9.17) is 0 Å². The molecule has 4 rings (SSSR count). The average Bonchev–Trinajstić information content (AvgIpc) is 3.09. The second-order valence-electron chi connectivity index (χ2n) is 8.35. The van der Waals surface area contributed by atoms with E-state index in [1.165, 1.54) is 15.5 Å². The minimum atomic E-state index is -3.20. The van der Waals surface area contributed by atoms with E-state index in [9.17, 15) is 22.8 Å². The fourth-order valence-corrected chi connectivity index (χ4v) is 6.24. The Kier molecular flexibility index (Phi) is 4.78. The van der Waals surface area contributed by atoms with E-state index in [2.05, 4.69) is 0 Å². The zero-order valence-electron chi connectivity index (χ0n) is 15.7. The minimum absolute atomic E-state index is 0.0684. The smallest absolute Gasteiger partial charge is 0.229 e. The number of carbonyl (C=O) groups is 3. The molecule has 2 atom stereocenters. The van der Waals surface area contributed by atoms with Gasteiger partial charge in [0.05, 0.1) is 6.26 Å². The maximum absolute atomic E-state index is 13.1. The van der Waals surface area contributed by atoms with Crippen molar-refractivity contribution in [2.24, 2.45) is 5.92 Å². The molecule has 0 saturated carbocycles. The maximum Gasteiger partial charge on any atom is 0.229 e. The normalized spacial score (nSPS) is 33.1. The van der Waals surface area contributed by atoms with Crippen molar-refractivity contribution >= 4 is 27.7 Å². The SMILES string of the molecule is CS(=O)(=O)N1CCC(C(=O)N2C3CCC2CC(N2C(=O)CCC2=O)C3)CC1. The third kappa shape index (κ3) is 3.40. The Bertz CT molecular complexity index is 729. The Hall–Kier alpha value is -1.48. The molecular formula is C18H27N3O5S. The van der Waals surface area contributed by atoms with Gasteiger partial charge in [-0.1, -0.05) is 0 Å². The standard InChI is InChI=1S/C18H27N3O5S/c1-27(25,26)19-8-6-12(7-9-19)18(24)20-13-2-3-14(20)11-15(10-13)21-16(22)4-5-17(21)23/h12-15H,2-11H2,1H3. The van der Waals surface area contributed by atoms with E-state index in [0.717, 1.165) is 12.8 Å². The molecule has 27 heavy (non-hydrogen) atoms. The molecule has 0 aliphatic carbocycles. The fraction of sp³-hybridized carbons (Fsp3) is 0.833. The molecule has 0 spiro atoms. The highest BCUT2D eigenvalue weighted by Gasteiger charge is 2.49. The van der Waals surface area contributed by atoms with Crippen molar-refractivity contribution in [2.45, 2.75) is 69.5 Å². The van der Waals surface area contributed by atoms with Gasteiger partial charge in [-0.05, 0) is 38.5 Å². The Morgan fingerprint density at radius 1 is 0.889 bits per heavy atom. The molecule has 0 aromatic rings. The van der Waals surface area contributed by atoms with Crippen molar-refractivity contribution in [3.05, 3.63) is 0 Å². The molecule has 4 aliphatic heterocycles. The molecular weight excluding hydrogens is 370 g/mol. The van der Waals surface area contributed by atoms with Crippen LogP contribution in [0.2, 0.25) is 0 Å². The van der Waals surface area contributed by atoms with Crippen molar-refractivity contribution < 1.29 is 22.8 Å². The van der Waals surface area contributed by atoms with Crippen LogP contribution in [0.25, 0.3) is 0 Å². The summed E-state index contributed by atoms with van der Waals surface area (Å²) in [5.74, 6) is -0.138. The highest BCUT2D eigenvalue weighted by Crippen LogP contribution is 2.40. The molecule has 0 aromatic heterocycles. The summed E-state index contributed by atoms with van der Waals surface area (Å²) >= 11 is 0. The van der Waals surface area contributed by atoms with Crippen molar-refractivity contribution in [3.63, 3.8) is 0 Å². The second-order valence-corrected chi connectivity index (χ2v) is 10.3. The number of fused-ring (bicyclic) bond motifs is 2. The van der Waals surface area contributed by atoms with Crippen molar-refractivity contribution in [2.75, 3.05) is 19.3 Å². The molecule has 2 bridgehead atoms. The van der Waals surface area contributed by atoms with Crippen LogP contribution < -0.4 is 0 Å². The first-order valence-corrected chi connectivity index (χ1v) is 11.7. The molecule has 0 radical (unpaired) electrons. The Balaban J connectivity index is 1.41. The van der Waals surface area contributed by atoms with Crippen LogP contribution >= 0.6 is 0 Å². The number of piperidine rings is 2. The first-order valence-electron chi connectivity index (χ1n) is 9.88. The summed E-state index contributed by atoms with van der Waals surface area (Å²) in [6, 6.07) is 0.118. The van der Waals surface area contributed by atoms with Gasteiger partial charge < -0.3 is 4.90 Å². The highest BCUT2D eigenvalue weighted by molar-refractivity contribution is 7.88. The Morgan fingerprint density at radius 2 is 1.41 bits per heavy atom.